The lowest BCUT2D eigenvalue weighted by Gasteiger charge is -2.59. The zero-order chi connectivity index (χ0) is 18.4. The summed E-state index contributed by atoms with van der Waals surface area (Å²) in [6.45, 7) is 6.35. The minimum atomic E-state index is 0.507. The van der Waals surface area contributed by atoms with Crippen LogP contribution >= 0.6 is 12.2 Å². The van der Waals surface area contributed by atoms with E-state index in [-0.39, 0.29) is 0 Å². The summed E-state index contributed by atoms with van der Waals surface area (Å²) in [7, 11) is 0. The van der Waals surface area contributed by atoms with Gasteiger partial charge in [0.25, 0.3) is 0 Å². The van der Waals surface area contributed by atoms with E-state index >= 15 is 0 Å². The molecule has 0 aromatic carbocycles. The van der Waals surface area contributed by atoms with Crippen LogP contribution in [0.1, 0.15) is 45.4 Å². The van der Waals surface area contributed by atoms with E-state index in [0.717, 1.165) is 54.9 Å². The number of hydrogen-bond donors (Lipinski definition) is 1. The average molecular weight is 385 g/mol. The predicted molar refractivity (Wildman–Crippen MR) is 114 cm³/mol. The number of anilines is 1. The molecule has 1 aromatic rings. The van der Waals surface area contributed by atoms with Crippen molar-refractivity contribution in [3.63, 3.8) is 0 Å². The highest BCUT2D eigenvalue weighted by molar-refractivity contribution is 7.80. The van der Waals surface area contributed by atoms with Gasteiger partial charge in [0.2, 0.25) is 0 Å². The number of hydrogen-bond acceptors (Lipinski definition) is 3. The molecule has 0 spiro atoms. The Kier molecular flexibility index (Phi) is 4.53. The van der Waals surface area contributed by atoms with Crippen molar-refractivity contribution >= 4 is 23.1 Å². The molecule has 5 heteroatoms. The Morgan fingerprint density at radius 3 is 2.26 bits per heavy atom. The molecule has 5 fully saturated rings. The van der Waals surface area contributed by atoms with Crippen molar-refractivity contribution in [1.82, 2.24) is 15.2 Å². The topological polar surface area (TPSA) is 31.4 Å². The SMILES string of the molecule is C[C@H](NC(=S)N1CCN(c2ccccn2)CC1)C12CC3CC(CC(C3)C1)C2. The first kappa shape index (κ1) is 17.7. The van der Waals surface area contributed by atoms with Gasteiger partial charge in [-0.25, -0.2) is 4.98 Å². The van der Waals surface area contributed by atoms with Gasteiger partial charge >= 0.3 is 0 Å². The molecule has 5 aliphatic rings. The number of nitrogens with zero attached hydrogens (tertiary/aromatic N) is 3. The molecule has 1 atom stereocenters. The lowest BCUT2D eigenvalue weighted by molar-refractivity contribution is -0.0675. The average Bonchev–Trinajstić information content (AvgIpc) is 2.68. The molecular weight excluding hydrogens is 352 g/mol. The number of pyridine rings is 1. The lowest BCUT2D eigenvalue weighted by atomic mass is 9.48. The van der Waals surface area contributed by atoms with Crippen LogP contribution in [0.2, 0.25) is 0 Å². The number of rotatable bonds is 3. The van der Waals surface area contributed by atoms with Gasteiger partial charge in [0.1, 0.15) is 5.82 Å². The fourth-order valence-electron chi connectivity index (χ4n) is 6.82. The van der Waals surface area contributed by atoms with Gasteiger partial charge in [-0.15, -0.1) is 0 Å². The summed E-state index contributed by atoms with van der Waals surface area (Å²) < 4.78 is 0. The van der Waals surface area contributed by atoms with Gasteiger partial charge in [0.15, 0.2) is 5.11 Å². The molecule has 146 valence electrons. The van der Waals surface area contributed by atoms with Crippen LogP contribution in [0.5, 0.6) is 0 Å². The number of nitrogens with one attached hydrogen (secondary N) is 1. The molecule has 6 rings (SSSR count). The third-order valence-electron chi connectivity index (χ3n) is 7.88. The summed E-state index contributed by atoms with van der Waals surface area (Å²) in [6.07, 6.45) is 10.7. The van der Waals surface area contributed by atoms with Crippen LogP contribution < -0.4 is 10.2 Å². The summed E-state index contributed by atoms with van der Waals surface area (Å²) in [5.74, 6) is 4.07. The third-order valence-corrected chi connectivity index (χ3v) is 8.26. The van der Waals surface area contributed by atoms with Crippen LogP contribution in [0.4, 0.5) is 5.82 Å². The number of aromatic nitrogens is 1. The summed E-state index contributed by atoms with van der Waals surface area (Å²) in [4.78, 5) is 9.22. The molecule has 4 nitrogen and oxygen atoms in total. The van der Waals surface area contributed by atoms with Gasteiger partial charge in [-0.1, -0.05) is 6.07 Å². The lowest BCUT2D eigenvalue weighted by Crippen LogP contribution is -2.59. The first-order valence-electron chi connectivity index (χ1n) is 10.8. The largest absolute Gasteiger partial charge is 0.360 e. The molecule has 0 unspecified atom stereocenters. The second-order valence-corrected chi connectivity index (χ2v) is 10.00. The van der Waals surface area contributed by atoms with Crippen molar-refractivity contribution in [2.24, 2.45) is 23.2 Å². The van der Waals surface area contributed by atoms with Crippen molar-refractivity contribution in [1.29, 1.82) is 0 Å². The molecule has 4 saturated carbocycles. The first-order chi connectivity index (χ1) is 13.1. The molecule has 4 aliphatic carbocycles. The molecule has 2 heterocycles. The molecule has 1 N–H and O–H groups in total. The molecular formula is C22H32N4S. The molecule has 0 radical (unpaired) electrons. The second kappa shape index (κ2) is 6.91. The standard InChI is InChI=1S/C22H32N4S/c1-16(22-13-17-10-18(14-22)12-19(11-17)15-22)24-21(27)26-8-6-25(7-9-26)20-4-2-3-5-23-20/h2-5,16-19H,6-15H2,1H3,(H,24,27)/t16-,17?,18?,19?,22?/m0/s1. The molecule has 1 saturated heterocycles. The Morgan fingerprint density at radius 1 is 1.07 bits per heavy atom. The minimum Gasteiger partial charge on any atom is -0.360 e. The van der Waals surface area contributed by atoms with Crippen LogP contribution in [0, 0.1) is 23.2 Å². The van der Waals surface area contributed by atoms with Gasteiger partial charge in [-0.2, -0.15) is 0 Å². The van der Waals surface area contributed by atoms with Gasteiger partial charge in [0.05, 0.1) is 0 Å². The molecule has 4 bridgehead atoms. The molecule has 1 aromatic heterocycles. The van der Waals surface area contributed by atoms with E-state index in [0.29, 0.717) is 11.5 Å². The zero-order valence-electron chi connectivity index (χ0n) is 16.4. The van der Waals surface area contributed by atoms with Gasteiger partial charge in [0, 0.05) is 38.4 Å². The smallest absolute Gasteiger partial charge is 0.169 e. The van der Waals surface area contributed by atoms with E-state index in [2.05, 4.69) is 39.2 Å². The number of piperazine rings is 1. The van der Waals surface area contributed by atoms with E-state index in [1.165, 1.54) is 38.5 Å². The Morgan fingerprint density at radius 2 is 1.70 bits per heavy atom. The maximum Gasteiger partial charge on any atom is 0.169 e. The highest BCUT2D eigenvalue weighted by Gasteiger charge is 2.53. The quantitative estimate of drug-likeness (QED) is 0.804. The van der Waals surface area contributed by atoms with Crippen molar-refractivity contribution in [2.75, 3.05) is 31.1 Å². The monoisotopic (exact) mass is 384 g/mol. The van der Waals surface area contributed by atoms with Gasteiger partial charge in [-0.3, -0.25) is 0 Å². The first-order valence-corrected chi connectivity index (χ1v) is 11.2. The van der Waals surface area contributed by atoms with Crippen molar-refractivity contribution < 1.29 is 0 Å². The normalized spacial score (nSPS) is 36.0. The Labute approximate surface area is 168 Å². The van der Waals surface area contributed by atoms with Crippen LogP contribution in [-0.4, -0.2) is 47.2 Å². The van der Waals surface area contributed by atoms with Crippen LogP contribution in [0.25, 0.3) is 0 Å². The van der Waals surface area contributed by atoms with E-state index in [1.54, 1.807) is 0 Å². The highest BCUT2D eigenvalue weighted by Crippen LogP contribution is 2.61. The summed E-state index contributed by atoms with van der Waals surface area (Å²) in [6, 6.07) is 6.65. The van der Waals surface area contributed by atoms with Crippen LogP contribution in [-0.2, 0) is 0 Å². The number of thiocarbonyl (C=S) groups is 1. The minimum absolute atomic E-state index is 0.507. The van der Waals surface area contributed by atoms with Gasteiger partial charge < -0.3 is 15.1 Å². The van der Waals surface area contributed by atoms with Crippen LogP contribution in [0.3, 0.4) is 0 Å². The molecule has 1 aliphatic heterocycles. The molecule has 0 amide bonds. The second-order valence-electron chi connectivity index (χ2n) is 9.61. The fourth-order valence-corrected chi connectivity index (χ4v) is 7.18. The summed E-state index contributed by atoms with van der Waals surface area (Å²) >= 11 is 5.84. The third kappa shape index (κ3) is 3.32. The van der Waals surface area contributed by atoms with E-state index in [1.807, 2.05) is 12.3 Å². The van der Waals surface area contributed by atoms with Crippen molar-refractivity contribution in [2.45, 2.75) is 51.5 Å². The van der Waals surface area contributed by atoms with Gasteiger partial charge in [-0.05, 0) is 93.0 Å². The Hall–Kier alpha value is -1.36. The maximum absolute atomic E-state index is 5.84. The predicted octanol–water partition coefficient (Wildman–Crippen LogP) is 3.68. The van der Waals surface area contributed by atoms with Crippen molar-refractivity contribution in [3.05, 3.63) is 24.4 Å². The van der Waals surface area contributed by atoms with Crippen molar-refractivity contribution in [3.8, 4) is 0 Å². The Bertz CT molecular complexity index is 648. The maximum atomic E-state index is 5.84. The van der Waals surface area contributed by atoms with E-state index < -0.39 is 0 Å². The van der Waals surface area contributed by atoms with E-state index in [4.69, 9.17) is 12.2 Å². The summed E-state index contributed by atoms with van der Waals surface area (Å²) in [5, 5.41) is 4.76. The van der Waals surface area contributed by atoms with Crippen LogP contribution in [0.15, 0.2) is 24.4 Å². The fraction of sp³-hybridized carbons (Fsp3) is 0.727. The molecule has 27 heavy (non-hydrogen) atoms. The zero-order valence-corrected chi connectivity index (χ0v) is 17.3. The Balaban J connectivity index is 1.18. The highest BCUT2D eigenvalue weighted by atomic mass is 32.1. The van der Waals surface area contributed by atoms with E-state index in [9.17, 15) is 0 Å². The summed E-state index contributed by atoms with van der Waals surface area (Å²) in [5.41, 5.74) is 0.509.